The van der Waals surface area contributed by atoms with E-state index in [9.17, 15) is 22.9 Å². The van der Waals surface area contributed by atoms with Crippen LogP contribution in [0.15, 0.2) is 125 Å². The number of carboxylic acid groups (broad SMARTS) is 1. The zero-order chi connectivity index (χ0) is 30.3. The average Bonchev–Trinajstić information content (AvgIpc) is 3.02. The minimum absolute atomic E-state index is 0.0964. The normalized spacial score (nSPS) is 12.3. The maximum atomic E-state index is 12.5. The molecular formula is C34H26N2O6S. The highest BCUT2D eigenvalue weighted by Crippen LogP contribution is 2.43. The highest BCUT2D eigenvalue weighted by atomic mass is 32.2. The summed E-state index contributed by atoms with van der Waals surface area (Å²) in [5.74, 6) is -0.879. The standard InChI is InChI=1S/C34H26N2O6S/c1-35(23-9-5-3-6-10-23)25-14-17-27-30(20-25)42-31-21-26(36(2)24-11-7-4-8-12-24)15-18-28(31)33(27)29-16-13-22(34(37)38)19-32(29)43(39,40)41/h3-21H,1-2H3,(H-,37,38,39,40,41). The number of aromatic carboxylic acids is 1. The van der Waals surface area contributed by atoms with Gasteiger partial charge in [-0.2, -0.15) is 4.58 Å². The third-order valence-electron chi connectivity index (χ3n) is 7.52. The van der Waals surface area contributed by atoms with Gasteiger partial charge in [-0.25, -0.2) is 13.2 Å². The first-order valence-corrected chi connectivity index (χ1v) is 14.8. The molecule has 0 bridgehead atoms. The third kappa shape index (κ3) is 5.27. The lowest BCUT2D eigenvalue weighted by molar-refractivity contribution is 0.0696. The van der Waals surface area contributed by atoms with E-state index in [1.54, 1.807) is 0 Å². The molecule has 0 radical (unpaired) electrons. The Kier molecular flexibility index (Phi) is 7.05. The van der Waals surface area contributed by atoms with Gasteiger partial charge in [0, 0.05) is 64.8 Å². The van der Waals surface area contributed by atoms with Crippen LogP contribution in [0.25, 0.3) is 33.4 Å². The minimum Gasteiger partial charge on any atom is -0.744 e. The molecule has 0 spiro atoms. The van der Waals surface area contributed by atoms with Gasteiger partial charge < -0.3 is 19.0 Å². The summed E-state index contributed by atoms with van der Waals surface area (Å²) in [6.07, 6.45) is 0. The number of rotatable bonds is 6. The quantitative estimate of drug-likeness (QED) is 0.137. The Morgan fingerprint density at radius 1 is 0.814 bits per heavy atom. The molecule has 0 saturated heterocycles. The van der Waals surface area contributed by atoms with Crippen molar-refractivity contribution >= 4 is 44.1 Å². The molecule has 1 aliphatic carbocycles. The van der Waals surface area contributed by atoms with E-state index in [4.69, 9.17) is 4.42 Å². The fourth-order valence-electron chi connectivity index (χ4n) is 5.25. The fourth-order valence-corrected chi connectivity index (χ4v) is 5.96. The SMILES string of the molecule is CN(c1ccccc1)c1ccc2c(-c3ccc(C(=O)O)cc3S(=O)(=O)[O-])c3ccc(=[N+](C)c4ccccc4)cc-3oc2c1. The van der Waals surface area contributed by atoms with Crippen molar-refractivity contribution in [2.24, 2.45) is 0 Å². The topological polar surface area (TPSA) is 114 Å². The Morgan fingerprint density at radius 2 is 1.49 bits per heavy atom. The van der Waals surface area contributed by atoms with E-state index in [0.717, 1.165) is 28.5 Å². The number of nitrogens with zero attached hydrogens (tertiary/aromatic N) is 2. The molecule has 6 rings (SSSR count). The highest BCUT2D eigenvalue weighted by molar-refractivity contribution is 7.85. The van der Waals surface area contributed by atoms with Gasteiger partial charge in [-0.1, -0.05) is 42.5 Å². The van der Waals surface area contributed by atoms with Crippen LogP contribution >= 0.6 is 0 Å². The number of carboxylic acids is 1. The molecule has 1 aliphatic heterocycles. The molecule has 1 heterocycles. The molecule has 0 aromatic heterocycles. The van der Waals surface area contributed by atoms with Gasteiger partial charge >= 0.3 is 5.97 Å². The second kappa shape index (κ2) is 10.9. The van der Waals surface area contributed by atoms with E-state index in [0.29, 0.717) is 27.9 Å². The summed E-state index contributed by atoms with van der Waals surface area (Å²) in [6, 6.07) is 34.3. The second-order valence-corrected chi connectivity index (χ2v) is 11.4. The molecule has 8 nitrogen and oxygen atoms in total. The van der Waals surface area contributed by atoms with E-state index in [-0.39, 0.29) is 11.1 Å². The molecule has 2 aliphatic rings. The number of benzene rings is 5. The van der Waals surface area contributed by atoms with E-state index >= 15 is 0 Å². The van der Waals surface area contributed by atoms with Gasteiger partial charge in [0.05, 0.1) is 16.5 Å². The first-order chi connectivity index (χ1) is 20.6. The fraction of sp³-hybridized carbons (Fsp3) is 0.0588. The monoisotopic (exact) mass is 590 g/mol. The van der Waals surface area contributed by atoms with Crippen LogP contribution in [-0.4, -0.2) is 38.1 Å². The molecule has 0 amide bonds. The van der Waals surface area contributed by atoms with Crippen LogP contribution in [0.2, 0.25) is 0 Å². The predicted molar refractivity (Wildman–Crippen MR) is 165 cm³/mol. The van der Waals surface area contributed by atoms with E-state index < -0.39 is 21.0 Å². The zero-order valence-corrected chi connectivity index (χ0v) is 24.1. The van der Waals surface area contributed by atoms with Crippen LogP contribution in [0.5, 0.6) is 0 Å². The molecule has 0 atom stereocenters. The van der Waals surface area contributed by atoms with E-state index in [2.05, 4.69) is 0 Å². The Morgan fingerprint density at radius 3 is 2.16 bits per heavy atom. The molecule has 0 saturated carbocycles. The lowest BCUT2D eigenvalue weighted by Gasteiger charge is -2.22. The molecule has 4 aromatic rings. The summed E-state index contributed by atoms with van der Waals surface area (Å²) >= 11 is 0. The number of fused-ring (bicyclic) bond motifs is 2. The van der Waals surface area contributed by atoms with Crippen molar-refractivity contribution in [3.05, 3.63) is 126 Å². The lowest BCUT2D eigenvalue weighted by Crippen LogP contribution is -2.21. The van der Waals surface area contributed by atoms with E-state index in [1.165, 1.54) is 12.1 Å². The number of carbonyl (C=O) groups is 1. The zero-order valence-electron chi connectivity index (χ0n) is 23.3. The molecule has 0 fully saturated rings. The van der Waals surface area contributed by atoms with Crippen LogP contribution in [0.1, 0.15) is 10.4 Å². The Labute approximate surface area is 248 Å². The lowest BCUT2D eigenvalue weighted by atomic mass is 9.93. The van der Waals surface area contributed by atoms with Gasteiger partial charge in [0.15, 0.2) is 0 Å². The van der Waals surface area contributed by atoms with Crippen LogP contribution in [-0.2, 0) is 10.1 Å². The van der Waals surface area contributed by atoms with Crippen molar-refractivity contribution in [3.63, 3.8) is 0 Å². The summed E-state index contributed by atoms with van der Waals surface area (Å²) in [5.41, 5.74) is 4.00. The van der Waals surface area contributed by atoms with Gasteiger partial charge in [-0.3, -0.25) is 0 Å². The first kappa shape index (κ1) is 27.9. The van der Waals surface area contributed by atoms with Gasteiger partial charge in [-0.05, 0) is 42.5 Å². The van der Waals surface area contributed by atoms with Crippen molar-refractivity contribution in [2.45, 2.75) is 4.90 Å². The largest absolute Gasteiger partial charge is 0.744 e. The predicted octanol–water partition coefficient (Wildman–Crippen LogP) is 6.31. The number of anilines is 2. The summed E-state index contributed by atoms with van der Waals surface area (Å²) < 4.78 is 45.9. The van der Waals surface area contributed by atoms with Crippen LogP contribution in [0.4, 0.5) is 17.1 Å². The Hall–Kier alpha value is -5.25. The van der Waals surface area contributed by atoms with Gasteiger partial charge in [0.25, 0.3) is 0 Å². The summed E-state index contributed by atoms with van der Waals surface area (Å²) in [6.45, 7) is 0. The Bertz CT molecular complexity index is 2160. The smallest absolute Gasteiger partial charge is 0.335 e. The molecule has 0 unspecified atom stereocenters. The number of hydrogen-bond acceptors (Lipinski definition) is 6. The molecular weight excluding hydrogens is 564 g/mol. The van der Waals surface area contributed by atoms with Crippen molar-refractivity contribution in [1.82, 2.24) is 4.58 Å². The summed E-state index contributed by atoms with van der Waals surface area (Å²) in [4.78, 5) is 13.0. The van der Waals surface area contributed by atoms with Crippen molar-refractivity contribution < 1.29 is 27.3 Å². The maximum absolute atomic E-state index is 12.5. The average molecular weight is 591 g/mol. The number of hydrogen-bond donors (Lipinski definition) is 1. The van der Waals surface area contributed by atoms with Crippen molar-refractivity contribution in [3.8, 4) is 22.5 Å². The van der Waals surface area contributed by atoms with Gasteiger partial charge in [-0.15, -0.1) is 0 Å². The maximum Gasteiger partial charge on any atom is 0.335 e. The van der Waals surface area contributed by atoms with E-state index in [1.807, 2.05) is 121 Å². The molecule has 4 aromatic carbocycles. The highest BCUT2D eigenvalue weighted by Gasteiger charge is 2.24. The molecule has 9 heteroatoms. The summed E-state index contributed by atoms with van der Waals surface area (Å²) in [5, 5.41) is 10.9. The third-order valence-corrected chi connectivity index (χ3v) is 8.39. The summed E-state index contributed by atoms with van der Waals surface area (Å²) in [7, 11) is -1.19. The molecule has 1 N–H and O–H groups in total. The van der Waals surface area contributed by atoms with Crippen LogP contribution in [0, 0.1) is 0 Å². The van der Waals surface area contributed by atoms with Crippen LogP contribution < -0.4 is 14.8 Å². The number of para-hydroxylation sites is 2. The molecule has 214 valence electrons. The van der Waals surface area contributed by atoms with Crippen molar-refractivity contribution in [2.75, 3.05) is 19.0 Å². The Balaban J connectivity index is 1.68. The first-order valence-electron chi connectivity index (χ1n) is 13.4. The second-order valence-electron chi connectivity index (χ2n) is 10.1. The van der Waals surface area contributed by atoms with Gasteiger partial charge in [0.2, 0.25) is 11.0 Å². The molecule has 43 heavy (non-hydrogen) atoms. The van der Waals surface area contributed by atoms with Crippen molar-refractivity contribution in [1.29, 1.82) is 0 Å². The minimum atomic E-state index is -5.05. The van der Waals surface area contributed by atoms with Crippen LogP contribution in [0.3, 0.4) is 0 Å². The van der Waals surface area contributed by atoms with Gasteiger partial charge in [0.1, 0.15) is 28.5 Å².